The van der Waals surface area contributed by atoms with Crippen LogP contribution in [0, 0.1) is 6.92 Å². The molecule has 1 N–H and O–H groups in total. The Morgan fingerprint density at radius 2 is 2.12 bits per heavy atom. The van der Waals surface area contributed by atoms with Crippen molar-refractivity contribution >= 4 is 17.5 Å². The summed E-state index contributed by atoms with van der Waals surface area (Å²) in [5, 5.41) is 14.3. The molecule has 0 bridgehead atoms. The predicted octanol–water partition coefficient (Wildman–Crippen LogP) is 1.96. The van der Waals surface area contributed by atoms with E-state index < -0.39 is 6.10 Å². The van der Waals surface area contributed by atoms with Crippen LogP contribution in [0.3, 0.4) is 0 Å². The fourth-order valence-electron chi connectivity index (χ4n) is 3.01. The van der Waals surface area contributed by atoms with Gasteiger partial charge in [-0.15, -0.1) is 0 Å². The van der Waals surface area contributed by atoms with Crippen LogP contribution in [0.2, 0.25) is 5.02 Å². The highest BCUT2D eigenvalue weighted by Crippen LogP contribution is 2.32. The molecule has 0 saturated carbocycles. The van der Waals surface area contributed by atoms with Crippen molar-refractivity contribution in [3.63, 3.8) is 0 Å². The van der Waals surface area contributed by atoms with Gasteiger partial charge in [-0.25, -0.2) is 0 Å². The van der Waals surface area contributed by atoms with Gasteiger partial charge >= 0.3 is 0 Å². The minimum absolute atomic E-state index is 0.168. The number of hydrogen-bond donors (Lipinski definition) is 1. The lowest BCUT2D eigenvalue weighted by molar-refractivity contribution is -0.0812. The molecular weight excluding hydrogens is 330 g/mol. The molecule has 6 nitrogen and oxygen atoms in total. The first-order valence-corrected chi connectivity index (χ1v) is 8.20. The van der Waals surface area contributed by atoms with Crippen molar-refractivity contribution in [2.45, 2.75) is 19.1 Å². The Kier molecular flexibility index (Phi) is 4.89. The summed E-state index contributed by atoms with van der Waals surface area (Å²) in [6, 6.07) is 9.18. The third-order valence-electron chi connectivity index (χ3n) is 4.40. The highest BCUT2D eigenvalue weighted by molar-refractivity contribution is 6.34. The van der Waals surface area contributed by atoms with Crippen LogP contribution < -0.4 is 0 Å². The number of aromatic nitrogens is 2. The van der Waals surface area contributed by atoms with Crippen molar-refractivity contribution in [1.29, 1.82) is 0 Å². The van der Waals surface area contributed by atoms with Crippen LogP contribution in [-0.4, -0.2) is 51.6 Å². The molecular formula is C17H20ClN3O3. The van der Waals surface area contributed by atoms with E-state index in [1.165, 1.54) is 0 Å². The number of nitrogens with zero attached hydrogens (tertiary/aromatic N) is 3. The van der Waals surface area contributed by atoms with Gasteiger partial charge in [0.25, 0.3) is 5.91 Å². The van der Waals surface area contributed by atoms with Gasteiger partial charge in [0, 0.05) is 13.6 Å². The van der Waals surface area contributed by atoms with Crippen molar-refractivity contribution in [3.05, 3.63) is 52.3 Å². The highest BCUT2D eigenvalue weighted by atomic mass is 35.5. The molecule has 0 aliphatic carbocycles. The van der Waals surface area contributed by atoms with Gasteiger partial charge in [0.15, 0.2) is 5.69 Å². The maximum atomic E-state index is 13.1. The summed E-state index contributed by atoms with van der Waals surface area (Å²) in [5.74, 6) is -0.251. The number of carbonyl (C=O) groups is 1. The van der Waals surface area contributed by atoms with E-state index in [-0.39, 0.29) is 24.2 Å². The van der Waals surface area contributed by atoms with Crippen LogP contribution in [0.25, 0.3) is 0 Å². The van der Waals surface area contributed by atoms with Gasteiger partial charge in [0.2, 0.25) is 0 Å². The molecule has 1 aliphatic rings. The van der Waals surface area contributed by atoms with E-state index in [0.29, 0.717) is 18.2 Å². The second-order valence-corrected chi connectivity index (χ2v) is 6.20. The number of hydrogen-bond acceptors (Lipinski definition) is 4. The average Bonchev–Trinajstić information content (AvgIpc) is 2.88. The van der Waals surface area contributed by atoms with Gasteiger partial charge in [-0.3, -0.25) is 9.48 Å². The van der Waals surface area contributed by atoms with Crippen LogP contribution in [0.15, 0.2) is 30.3 Å². The van der Waals surface area contributed by atoms with E-state index in [1.807, 2.05) is 37.3 Å². The normalized spacial score (nSPS) is 21.1. The van der Waals surface area contributed by atoms with Crippen LogP contribution >= 0.6 is 11.6 Å². The zero-order valence-electron chi connectivity index (χ0n) is 13.6. The fourth-order valence-corrected chi connectivity index (χ4v) is 3.25. The first-order chi connectivity index (χ1) is 11.5. The molecule has 0 radical (unpaired) electrons. The van der Waals surface area contributed by atoms with E-state index >= 15 is 0 Å². The SMILES string of the molecule is Cc1c(Cl)c(C(=O)N2CCOC(CO)C2c2ccccc2)nn1C. The molecule has 3 rings (SSSR count). The molecule has 1 aromatic heterocycles. The Hall–Kier alpha value is -1.89. The fraction of sp³-hybridized carbons (Fsp3) is 0.412. The molecule has 1 saturated heterocycles. The zero-order valence-corrected chi connectivity index (χ0v) is 14.4. The summed E-state index contributed by atoms with van der Waals surface area (Å²) >= 11 is 6.28. The molecule has 1 fully saturated rings. The number of aliphatic hydroxyl groups excluding tert-OH is 1. The minimum atomic E-state index is -0.478. The maximum absolute atomic E-state index is 13.1. The van der Waals surface area contributed by atoms with Gasteiger partial charge in [-0.2, -0.15) is 5.10 Å². The van der Waals surface area contributed by atoms with Crippen molar-refractivity contribution in [2.24, 2.45) is 7.05 Å². The number of carbonyl (C=O) groups excluding carboxylic acids is 1. The number of aryl methyl sites for hydroxylation is 1. The first kappa shape index (κ1) is 17.0. The molecule has 24 heavy (non-hydrogen) atoms. The van der Waals surface area contributed by atoms with Gasteiger partial charge < -0.3 is 14.7 Å². The molecule has 2 aromatic rings. The van der Waals surface area contributed by atoms with Crippen molar-refractivity contribution < 1.29 is 14.6 Å². The van der Waals surface area contributed by atoms with E-state index in [1.54, 1.807) is 16.6 Å². The zero-order chi connectivity index (χ0) is 17.3. The van der Waals surface area contributed by atoms with Crippen LogP contribution in [0.1, 0.15) is 27.8 Å². The monoisotopic (exact) mass is 349 g/mol. The standard InChI is InChI=1S/C17H20ClN3O3/c1-11-14(18)15(19-20(11)2)17(23)21-8-9-24-13(10-22)16(21)12-6-4-3-5-7-12/h3-7,13,16,22H,8-10H2,1-2H3. The molecule has 1 aliphatic heterocycles. The highest BCUT2D eigenvalue weighted by Gasteiger charge is 2.38. The summed E-state index contributed by atoms with van der Waals surface area (Å²) in [7, 11) is 1.75. The third-order valence-corrected chi connectivity index (χ3v) is 4.85. The number of halogens is 1. The Labute approximate surface area is 145 Å². The van der Waals surface area contributed by atoms with E-state index in [0.717, 1.165) is 11.3 Å². The van der Waals surface area contributed by atoms with Crippen LogP contribution in [-0.2, 0) is 11.8 Å². The largest absolute Gasteiger partial charge is 0.394 e. The minimum Gasteiger partial charge on any atom is -0.394 e. The van der Waals surface area contributed by atoms with Gasteiger partial charge in [0.1, 0.15) is 6.10 Å². The predicted molar refractivity (Wildman–Crippen MR) is 90.0 cm³/mol. The van der Waals surface area contributed by atoms with Crippen LogP contribution in [0.5, 0.6) is 0 Å². The molecule has 1 amide bonds. The number of rotatable bonds is 3. The first-order valence-electron chi connectivity index (χ1n) is 7.82. The maximum Gasteiger partial charge on any atom is 0.276 e. The van der Waals surface area contributed by atoms with E-state index in [4.69, 9.17) is 16.3 Å². The Bertz CT molecular complexity index is 732. The number of amides is 1. The lowest BCUT2D eigenvalue weighted by atomic mass is 9.98. The van der Waals surface area contributed by atoms with Crippen molar-refractivity contribution in [1.82, 2.24) is 14.7 Å². The Morgan fingerprint density at radius 1 is 1.42 bits per heavy atom. The number of ether oxygens (including phenoxy) is 1. The van der Waals surface area contributed by atoms with Crippen molar-refractivity contribution in [2.75, 3.05) is 19.8 Å². The number of aliphatic hydroxyl groups is 1. The van der Waals surface area contributed by atoms with Gasteiger partial charge in [-0.1, -0.05) is 41.9 Å². The third kappa shape index (κ3) is 2.92. The van der Waals surface area contributed by atoms with Crippen LogP contribution in [0.4, 0.5) is 0 Å². The molecule has 7 heteroatoms. The molecule has 1 aromatic carbocycles. The lowest BCUT2D eigenvalue weighted by Crippen LogP contribution is -2.49. The lowest BCUT2D eigenvalue weighted by Gasteiger charge is -2.40. The molecule has 2 heterocycles. The van der Waals surface area contributed by atoms with Crippen molar-refractivity contribution in [3.8, 4) is 0 Å². The summed E-state index contributed by atoms with van der Waals surface area (Å²) < 4.78 is 7.26. The Balaban J connectivity index is 1.99. The summed E-state index contributed by atoms with van der Waals surface area (Å²) in [6.45, 7) is 2.43. The number of morpholine rings is 1. The molecule has 128 valence electrons. The molecule has 0 spiro atoms. The second kappa shape index (κ2) is 6.93. The summed E-state index contributed by atoms with van der Waals surface area (Å²) in [6.07, 6.45) is -0.478. The topological polar surface area (TPSA) is 67.6 Å². The van der Waals surface area contributed by atoms with E-state index in [2.05, 4.69) is 5.10 Å². The van der Waals surface area contributed by atoms with Gasteiger partial charge in [0.05, 0.1) is 30.0 Å². The Morgan fingerprint density at radius 3 is 2.71 bits per heavy atom. The smallest absolute Gasteiger partial charge is 0.276 e. The second-order valence-electron chi connectivity index (χ2n) is 5.82. The average molecular weight is 350 g/mol. The van der Waals surface area contributed by atoms with E-state index in [9.17, 15) is 9.90 Å². The number of benzene rings is 1. The molecule has 2 unspecified atom stereocenters. The quantitative estimate of drug-likeness (QED) is 0.919. The molecule has 2 atom stereocenters. The summed E-state index contributed by atoms with van der Waals surface area (Å²) in [5.41, 5.74) is 1.88. The van der Waals surface area contributed by atoms with Gasteiger partial charge in [-0.05, 0) is 12.5 Å². The summed E-state index contributed by atoms with van der Waals surface area (Å²) in [4.78, 5) is 14.7.